The van der Waals surface area contributed by atoms with E-state index >= 15 is 0 Å². The third kappa shape index (κ3) is 4.17. The van der Waals surface area contributed by atoms with Gasteiger partial charge in [0.2, 0.25) is 0 Å². The van der Waals surface area contributed by atoms with Crippen molar-refractivity contribution < 1.29 is 18.7 Å². The van der Waals surface area contributed by atoms with Gasteiger partial charge in [-0.2, -0.15) is 0 Å². The summed E-state index contributed by atoms with van der Waals surface area (Å²) in [5, 5.41) is 13.5. The number of halogens is 3. The van der Waals surface area contributed by atoms with Gasteiger partial charge in [-0.05, 0) is 19.1 Å². The van der Waals surface area contributed by atoms with E-state index in [1.54, 1.807) is 35.0 Å². The maximum Gasteiger partial charge on any atom is 0.405 e. The van der Waals surface area contributed by atoms with Crippen molar-refractivity contribution in [3.8, 4) is 0 Å². The second-order valence-electron chi connectivity index (χ2n) is 6.54. The van der Waals surface area contributed by atoms with E-state index < -0.39 is 24.1 Å². The molecule has 152 valence electrons. The maximum atomic E-state index is 13.2. The van der Waals surface area contributed by atoms with Crippen molar-refractivity contribution >= 4 is 28.6 Å². The van der Waals surface area contributed by atoms with Crippen LogP contribution in [0.4, 0.5) is 13.6 Å². The van der Waals surface area contributed by atoms with Crippen molar-refractivity contribution in [2.75, 3.05) is 37.7 Å². The minimum absolute atomic E-state index is 0.212. The maximum absolute atomic E-state index is 13.2. The number of nitrogens with zero attached hydrogens (tertiary/aromatic N) is 4. The van der Waals surface area contributed by atoms with Crippen LogP contribution in [0.5, 0.6) is 0 Å². The molecule has 1 aromatic carbocycles. The Hall–Kier alpha value is -2.46. The standard InChI is InChI=1S/C17H20ClF2N5O3/c1-10(21-17(27)28)15-22-12-4-2-3-11(18)14(12)16(26)25(15)24-7-5-23(6-8-24)9-13(19)20/h2-4,10,13,21H,5-9H2,1H3,(H,27,28). The topological polar surface area (TPSA) is 90.7 Å². The zero-order chi connectivity index (χ0) is 20.4. The number of hydrogen-bond donors (Lipinski definition) is 2. The van der Waals surface area contributed by atoms with Crippen molar-refractivity contribution in [1.82, 2.24) is 19.9 Å². The van der Waals surface area contributed by atoms with E-state index in [9.17, 15) is 18.4 Å². The molecule has 0 aliphatic carbocycles. The van der Waals surface area contributed by atoms with Crippen LogP contribution in [0.1, 0.15) is 18.8 Å². The lowest BCUT2D eigenvalue weighted by Crippen LogP contribution is -2.56. The van der Waals surface area contributed by atoms with Crippen LogP contribution in [0.15, 0.2) is 23.0 Å². The summed E-state index contributed by atoms with van der Waals surface area (Å²) in [4.78, 5) is 30.4. The first-order valence-corrected chi connectivity index (χ1v) is 9.12. The van der Waals surface area contributed by atoms with E-state index in [0.717, 1.165) is 0 Å². The minimum Gasteiger partial charge on any atom is -0.465 e. The molecular formula is C17H20ClF2N5O3. The van der Waals surface area contributed by atoms with Gasteiger partial charge in [0.15, 0.2) is 5.82 Å². The van der Waals surface area contributed by atoms with Crippen molar-refractivity contribution in [3.05, 3.63) is 39.4 Å². The highest BCUT2D eigenvalue weighted by Gasteiger charge is 2.26. The molecule has 28 heavy (non-hydrogen) atoms. The summed E-state index contributed by atoms with van der Waals surface area (Å²) in [6.07, 6.45) is -3.67. The van der Waals surface area contributed by atoms with Crippen LogP contribution in [0.3, 0.4) is 0 Å². The van der Waals surface area contributed by atoms with Gasteiger partial charge in [0.1, 0.15) is 0 Å². The molecule has 1 saturated heterocycles. The van der Waals surface area contributed by atoms with Gasteiger partial charge in [0.25, 0.3) is 12.0 Å². The Balaban J connectivity index is 2.04. The molecule has 8 nitrogen and oxygen atoms in total. The summed E-state index contributed by atoms with van der Waals surface area (Å²) >= 11 is 6.20. The summed E-state index contributed by atoms with van der Waals surface area (Å²) in [5.74, 6) is 0.212. The second-order valence-corrected chi connectivity index (χ2v) is 6.94. The molecule has 0 saturated carbocycles. The van der Waals surface area contributed by atoms with Crippen LogP contribution >= 0.6 is 11.6 Å². The first-order valence-electron chi connectivity index (χ1n) is 8.74. The normalized spacial score (nSPS) is 16.5. The molecule has 2 N–H and O–H groups in total. The van der Waals surface area contributed by atoms with Crippen molar-refractivity contribution in [2.24, 2.45) is 0 Å². The Kier molecular flexibility index (Phi) is 5.99. The molecule has 11 heteroatoms. The predicted molar refractivity (Wildman–Crippen MR) is 101 cm³/mol. The fraction of sp³-hybridized carbons (Fsp3) is 0.471. The molecule has 1 aromatic heterocycles. The van der Waals surface area contributed by atoms with E-state index in [4.69, 9.17) is 16.7 Å². The lowest BCUT2D eigenvalue weighted by molar-refractivity contribution is 0.0824. The van der Waals surface area contributed by atoms with Gasteiger partial charge in [0.05, 0.1) is 28.5 Å². The number of rotatable bonds is 5. The number of alkyl halides is 2. The summed E-state index contributed by atoms with van der Waals surface area (Å²) in [6.45, 7) is 2.58. The van der Waals surface area contributed by atoms with Crippen LogP contribution in [-0.4, -0.2) is 64.9 Å². The summed E-state index contributed by atoms with van der Waals surface area (Å²) in [7, 11) is 0. The number of carbonyl (C=O) groups is 1. The fourth-order valence-corrected chi connectivity index (χ4v) is 3.57. The van der Waals surface area contributed by atoms with Gasteiger partial charge in [-0.15, -0.1) is 0 Å². The first-order chi connectivity index (χ1) is 13.3. The van der Waals surface area contributed by atoms with Crippen molar-refractivity contribution in [3.63, 3.8) is 0 Å². The average molecular weight is 416 g/mol. The Morgan fingerprint density at radius 2 is 2.00 bits per heavy atom. The van der Waals surface area contributed by atoms with Crippen LogP contribution in [0, 0.1) is 0 Å². The molecule has 1 fully saturated rings. The Morgan fingerprint density at radius 3 is 2.61 bits per heavy atom. The Labute approximate surface area is 164 Å². The number of carboxylic acid groups (broad SMARTS) is 1. The first kappa shape index (κ1) is 20.3. The SMILES string of the molecule is CC(NC(=O)O)c1nc2cccc(Cl)c2c(=O)n1N1CCN(CC(F)F)CC1. The van der Waals surface area contributed by atoms with Gasteiger partial charge in [0, 0.05) is 26.2 Å². The van der Waals surface area contributed by atoms with Gasteiger partial charge < -0.3 is 15.4 Å². The molecule has 1 amide bonds. The fourth-order valence-electron chi connectivity index (χ4n) is 3.32. The third-order valence-corrected chi connectivity index (χ3v) is 4.92. The molecule has 3 rings (SSSR count). The van der Waals surface area contributed by atoms with Gasteiger partial charge in [-0.25, -0.2) is 23.2 Å². The molecule has 2 aromatic rings. The number of benzene rings is 1. The van der Waals surface area contributed by atoms with Crippen LogP contribution in [-0.2, 0) is 0 Å². The number of aromatic nitrogens is 2. The molecule has 1 aliphatic heterocycles. The van der Waals surface area contributed by atoms with E-state index in [1.807, 2.05) is 0 Å². The van der Waals surface area contributed by atoms with Crippen LogP contribution in [0.2, 0.25) is 5.02 Å². The van der Waals surface area contributed by atoms with Gasteiger partial charge in [-0.1, -0.05) is 17.7 Å². The lowest BCUT2D eigenvalue weighted by Gasteiger charge is -2.37. The second kappa shape index (κ2) is 8.27. The molecular weight excluding hydrogens is 396 g/mol. The number of piperazine rings is 1. The van der Waals surface area contributed by atoms with Crippen LogP contribution < -0.4 is 15.9 Å². The molecule has 0 bridgehead atoms. The number of nitrogens with one attached hydrogen (secondary N) is 1. The van der Waals surface area contributed by atoms with Gasteiger partial charge >= 0.3 is 6.09 Å². The number of amides is 1. The lowest BCUT2D eigenvalue weighted by atomic mass is 10.2. The average Bonchev–Trinajstić information content (AvgIpc) is 2.61. The smallest absolute Gasteiger partial charge is 0.405 e. The highest BCUT2D eigenvalue weighted by atomic mass is 35.5. The largest absolute Gasteiger partial charge is 0.465 e. The highest BCUT2D eigenvalue weighted by molar-refractivity contribution is 6.35. The highest BCUT2D eigenvalue weighted by Crippen LogP contribution is 2.21. The summed E-state index contributed by atoms with van der Waals surface area (Å²) < 4.78 is 26.5. The predicted octanol–water partition coefficient (Wildman–Crippen LogP) is 1.90. The minimum atomic E-state index is -2.43. The number of fused-ring (bicyclic) bond motifs is 1. The monoisotopic (exact) mass is 415 g/mol. The van der Waals surface area contributed by atoms with E-state index in [1.165, 1.54) is 4.68 Å². The molecule has 1 aliphatic rings. The summed E-state index contributed by atoms with van der Waals surface area (Å²) in [5.41, 5.74) is -0.0638. The van der Waals surface area contributed by atoms with E-state index in [0.29, 0.717) is 31.7 Å². The molecule has 1 atom stereocenters. The third-order valence-electron chi connectivity index (χ3n) is 4.60. The van der Waals surface area contributed by atoms with Crippen LogP contribution in [0.25, 0.3) is 10.9 Å². The Bertz CT molecular complexity index is 931. The van der Waals surface area contributed by atoms with Crippen molar-refractivity contribution in [1.29, 1.82) is 0 Å². The van der Waals surface area contributed by atoms with Gasteiger partial charge in [-0.3, -0.25) is 9.69 Å². The zero-order valence-corrected chi connectivity index (χ0v) is 15.9. The molecule has 2 heterocycles. The molecule has 0 spiro atoms. The zero-order valence-electron chi connectivity index (χ0n) is 15.1. The quantitative estimate of drug-likeness (QED) is 0.775. The molecule has 0 radical (unpaired) electrons. The van der Waals surface area contributed by atoms with Crippen molar-refractivity contribution in [2.45, 2.75) is 19.4 Å². The summed E-state index contributed by atoms with van der Waals surface area (Å²) in [6, 6.07) is 4.10. The molecule has 1 unspecified atom stereocenters. The van der Waals surface area contributed by atoms with E-state index in [-0.39, 0.29) is 22.8 Å². The van der Waals surface area contributed by atoms with E-state index in [2.05, 4.69) is 10.3 Å². The Morgan fingerprint density at radius 1 is 1.32 bits per heavy atom. The number of hydrogen-bond acceptors (Lipinski definition) is 5.